The topological polar surface area (TPSA) is 72.9 Å². The van der Waals surface area contributed by atoms with Gasteiger partial charge in [-0.25, -0.2) is 18.7 Å². The zero-order valence-electron chi connectivity index (χ0n) is 22.0. The fourth-order valence-electron chi connectivity index (χ4n) is 4.99. The minimum absolute atomic E-state index is 0.0404. The Morgan fingerprint density at radius 2 is 1.70 bits per heavy atom. The van der Waals surface area contributed by atoms with Crippen molar-refractivity contribution in [2.24, 2.45) is 0 Å². The molecule has 2 aromatic carbocycles. The van der Waals surface area contributed by atoms with Gasteiger partial charge >= 0.3 is 0 Å². The van der Waals surface area contributed by atoms with E-state index in [1.165, 1.54) is 36.0 Å². The first-order valence-corrected chi connectivity index (χ1v) is 14.4. The van der Waals surface area contributed by atoms with Gasteiger partial charge in [0.2, 0.25) is 5.91 Å². The number of carbonyl (C=O) groups excluding carboxylic acids is 2. The maximum Gasteiger partial charge on any atom is 0.254 e. The molecular weight excluding hydrogens is 558 g/mol. The van der Waals surface area contributed by atoms with E-state index in [2.05, 4.69) is 9.97 Å². The Bertz CT molecular complexity index is 1390. The quantitative estimate of drug-likeness (QED) is 0.244. The Kier molecular flexibility index (Phi) is 8.70. The van der Waals surface area contributed by atoms with E-state index in [9.17, 15) is 18.4 Å². The SMILES string of the molecule is CC1CN(c2cc(Cl)nc(SCC(=O)N3CCN(c4ccccc4F)CC3)n2)CCN1C(=O)c1cccc(F)c1. The van der Waals surface area contributed by atoms with Gasteiger partial charge in [0.25, 0.3) is 5.91 Å². The van der Waals surface area contributed by atoms with Crippen molar-refractivity contribution in [3.8, 4) is 0 Å². The second kappa shape index (κ2) is 12.4. The number of benzene rings is 2. The van der Waals surface area contributed by atoms with Gasteiger partial charge in [0.1, 0.15) is 22.6 Å². The second-order valence-electron chi connectivity index (χ2n) is 9.74. The fourth-order valence-corrected chi connectivity index (χ4v) is 5.97. The van der Waals surface area contributed by atoms with E-state index < -0.39 is 5.82 Å². The lowest BCUT2D eigenvalue weighted by atomic mass is 10.1. The molecule has 2 aliphatic heterocycles. The Morgan fingerprint density at radius 1 is 0.950 bits per heavy atom. The Hall–Kier alpha value is -3.44. The summed E-state index contributed by atoms with van der Waals surface area (Å²) in [7, 11) is 0. The predicted octanol–water partition coefficient (Wildman–Crippen LogP) is 4.20. The van der Waals surface area contributed by atoms with Crippen LogP contribution in [0.4, 0.5) is 20.3 Å². The molecule has 1 atom stereocenters. The molecule has 2 fully saturated rings. The van der Waals surface area contributed by atoms with Crippen molar-refractivity contribution in [1.29, 1.82) is 0 Å². The lowest BCUT2D eigenvalue weighted by molar-refractivity contribution is -0.128. The highest BCUT2D eigenvalue weighted by molar-refractivity contribution is 7.99. The van der Waals surface area contributed by atoms with Crippen molar-refractivity contribution in [3.05, 3.63) is 76.9 Å². The summed E-state index contributed by atoms with van der Waals surface area (Å²) in [5.74, 6) is -0.176. The van der Waals surface area contributed by atoms with Gasteiger partial charge < -0.3 is 19.6 Å². The minimum atomic E-state index is -0.443. The summed E-state index contributed by atoms with van der Waals surface area (Å²) in [6.07, 6.45) is 0. The molecule has 40 heavy (non-hydrogen) atoms. The normalized spacial score (nSPS) is 17.8. The number of halogens is 3. The number of nitrogens with zero attached hydrogens (tertiary/aromatic N) is 6. The summed E-state index contributed by atoms with van der Waals surface area (Å²) in [6, 6.07) is 13.9. The molecule has 2 amide bonds. The molecule has 5 rings (SSSR count). The molecule has 0 N–H and O–H groups in total. The molecule has 0 saturated carbocycles. The molecule has 1 aromatic heterocycles. The van der Waals surface area contributed by atoms with Crippen LogP contribution in [0.1, 0.15) is 17.3 Å². The number of anilines is 2. The second-order valence-corrected chi connectivity index (χ2v) is 11.1. The summed E-state index contributed by atoms with van der Waals surface area (Å²) >= 11 is 7.53. The number of hydrogen-bond donors (Lipinski definition) is 0. The molecule has 0 aliphatic carbocycles. The first kappa shape index (κ1) is 28.1. The highest BCUT2D eigenvalue weighted by Gasteiger charge is 2.29. The van der Waals surface area contributed by atoms with Gasteiger partial charge in [-0.1, -0.05) is 41.6 Å². The highest BCUT2D eigenvalue weighted by Crippen LogP contribution is 2.26. The van der Waals surface area contributed by atoms with E-state index in [-0.39, 0.29) is 34.6 Å². The monoisotopic (exact) mass is 586 g/mol. The van der Waals surface area contributed by atoms with E-state index in [0.717, 1.165) is 0 Å². The Labute approximate surface area is 240 Å². The van der Waals surface area contributed by atoms with Crippen molar-refractivity contribution >= 4 is 46.7 Å². The highest BCUT2D eigenvalue weighted by atomic mass is 35.5. The van der Waals surface area contributed by atoms with Gasteiger partial charge in [0, 0.05) is 63.5 Å². The van der Waals surface area contributed by atoms with Crippen LogP contribution < -0.4 is 9.80 Å². The van der Waals surface area contributed by atoms with Gasteiger partial charge in [-0.05, 0) is 37.3 Å². The predicted molar refractivity (Wildman–Crippen MR) is 152 cm³/mol. The first-order valence-electron chi connectivity index (χ1n) is 13.0. The summed E-state index contributed by atoms with van der Waals surface area (Å²) < 4.78 is 27.7. The molecule has 2 saturated heterocycles. The summed E-state index contributed by atoms with van der Waals surface area (Å²) in [6.45, 7) is 5.54. The molecule has 3 heterocycles. The number of thioether (sulfide) groups is 1. The lowest BCUT2D eigenvalue weighted by Gasteiger charge is -2.40. The molecule has 2 aliphatic rings. The average molecular weight is 587 g/mol. The number of rotatable bonds is 6. The number of carbonyl (C=O) groups is 2. The maximum atomic E-state index is 14.1. The van der Waals surface area contributed by atoms with E-state index >= 15 is 0 Å². The van der Waals surface area contributed by atoms with Crippen LogP contribution in [0.25, 0.3) is 0 Å². The number of piperazine rings is 2. The van der Waals surface area contributed by atoms with Crippen LogP contribution in [0.2, 0.25) is 5.15 Å². The van der Waals surface area contributed by atoms with Crippen molar-refractivity contribution < 1.29 is 18.4 Å². The van der Waals surface area contributed by atoms with Crippen molar-refractivity contribution in [2.45, 2.75) is 18.1 Å². The largest absolute Gasteiger partial charge is 0.366 e. The third-order valence-corrected chi connectivity index (χ3v) is 8.12. The van der Waals surface area contributed by atoms with Crippen LogP contribution in [0.5, 0.6) is 0 Å². The average Bonchev–Trinajstić information content (AvgIpc) is 2.95. The van der Waals surface area contributed by atoms with Crippen LogP contribution in [-0.4, -0.2) is 89.2 Å². The van der Waals surface area contributed by atoms with Crippen LogP contribution >= 0.6 is 23.4 Å². The maximum absolute atomic E-state index is 14.1. The molecule has 210 valence electrons. The summed E-state index contributed by atoms with van der Waals surface area (Å²) in [5, 5.41) is 0.663. The Morgan fingerprint density at radius 3 is 2.42 bits per heavy atom. The van der Waals surface area contributed by atoms with Crippen LogP contribution in [0.15, 0.2) is 59.8 Å². The molecule has 3 aromatic rings. The fraction of sp³-hybridized carbons (Fsp3) is 0.357. The number of para-hydroxylation sites is 1. The number of aromatic nitrogens is 2. The van der Waals surface area contributed by atoms with Gasteiger partial charge in [0.15, 0.2) is 5.16 Å². The minimum Gasteiger partial charge on any atom is -0.366 e. The van der Waals surface area contributed by atoms with E-state index in [1.54, 1.807) is 40.1 Å². The summed E-state index contributed by atoms with van der Waals surface area (Å²) in [4.78, 5) is 42.2. The molecule has 0 radical (unpaired) electrons. The smallest absolute Gasteiger partial charge is 0.254 e. The third kappa shape index (κ3) is 6.47. The van der Waals surface area contributed by atoms with Crippen LogP contribution in [0.3, 0.4) is 0 Å². The lowest BCUT2D eigenvalue weighted by Crippen LogP contribution is -2.54. The van der Waals surface area contributed by atoms with Gasteiger partial charge in [-0.15, -0.1) is 0 Å². The standard InChI is InChI=1S/C28H29ClF2N6O2S/c1-19-17-36(13-14-37(19)27(39)20-5-4-6-21(30)15-20)25-16-24(29)32-28(33-25)40-18-26(38)35-11-9-34(10-12-35)23-8-3-2-7-22(23)31/h2-8,15-16,19H,9-14,17-18H2,1H3. The van der Waals surface area contributed by atoms with Crippen molar-refractivity contribution in [2.75, 3.05) is 61.4 Å². The first-order chi connectivity index (χ1) is 19.3. The summed E-state index contributed by atoms with van der Waals surface area (Å²) in [5.41, 5.74) is 0.875. The molecule has 1 unspecified atom stereocenters. The van der Waals surface area contributed by atoms with Gasteiger partial charge in [-0.2, -0.15) is 0 Å². The zero-order valence-corrected chi connectivity index (χ0v) is 23.5. The van der Waals surface area contributed by atoms with E-state index in [4.69, 9.17) is 11.6 Å². The third-order valence-electron chi connectivity index (χ3n) is 7.10. The number of hydrogen-bond acceptors (Lipinski definition) is 7. The number of amides is 2. The van der Waals surface area contributed by atoms with E-state index in [1.807, 2.05) is 16.7 Å². The van der Waals surface area contributed by atoms with Crippen LogP contribution in [0, 0.1) is 11.6 Å². The Balaban J connectivity index is 1.15. The zero-order chi connectivity index (χ0) is 28.2. The van der Waals surface area contributed by atoms with Crippen molar-refractivity contribution in [1.82, 2.24) is 19.8 Å². The van der Waals surface area contributed by atoms with Crippen LogP contribution in [-0.2, 0) is 4.79 Å². The van der Waals surface area contributed by atoms with E-state index in [0.29, 0.717) is 68.0 Å². The molecule has 0 bridgehead atoms. The molecule has 0 spiro atoms. The molecule has 12 heteroatoms. The van der Waals surface area contributed by atoms with Crippen molar-refractivity contribution in [3.63, 3.8) is 0 Å². The van der Waals surface area contributed by atoms with Gasteiger partial charge in [0.05, 0.1) is 11.4 Å². The molecule has 8 nitrogen and oxygen atoms in total. The molecular formula is C28H29ClF2N6O2S. The van der Waals surface area contributed by atoms with Gasteiger partial charge in [-0.3, -0.25) is 9.59 Å².